The number of carbonyl (C=O) groups excluding carboxylic acids is 2. The predicted molar refractivity (Wildman–Crippen MR) is 123 cm³/mol. The van der Waals surface area contributed by atoms with Crippen LogP contribution >= 0.6 is 11.6 Å². The number of amides is 2. The summed E-state index contributed by atoms with van der Waals surface area (Å²) in [7, 11) is 0. The van der Waals surface area contributed by atoms with Crippen molar-refractivity contribution in [3.05, 3.63) is 34.9 Å². The van der Waals surface area contributed by atoms with Gasteiger partial charge in [-0.2, -0.15) is 0 Å². The van der Waals surface area contributed by atoms with Gasteiger partial charge in [0.25, 0.3) is 0 Å². The van der Waals surface area contributed by atoms with E-state index in [-0.39, 0.29) is 17.7 Å². The summed E-state index contributed by atoms with van der Waals surface area (Å²) in [5.41, 5.74) is -0.802. The third kappa shape index (κ3) is 5.24. The molecule has 0 aliphatic carbocycles. The van der Waals surface area contributed by atoms with E-state index in [0.29, 0.717) is 36.9 Å². The Balaban J connectivity index is 1.69. The average molecular weight is 450 g/mol. The van der Waals surface area contributed by atoms with E-state index in [1.54, 1.807) is 17.0 Å². The van der Waals surface area contributed by atoms with Crippen molar-refractivity contribution in [3.8, 4) is 0 Å². The van der Waals surface area contributed by atoms with E-state index in [0.717, 1.165) is 25.1 Å². The Hall–Kier alpha value is -1.63. The lowest BCUT2D eigenvalue weighted by molar-refractivity contribution is -0.156. The van der Waals surface area contributed by atoms with E-state index in [4.69, 9.17) is 11.6 Å². The molecule has 2 aliphatic heterocycles. The van der Waals surface area contributed by atoms with E-state index in [1.165, 1.54) is 0 Å². The molecule has 0 bridgehead atoms. The second kappa shape index (κ2) is 9.47. The maximum absolute atomic E-state index is 13.4. The van der Waals surface area contributed by atoms with Crippen LogP contribution in [0.2, 0.25) is 5.02 Å². The Morgan fingerprint density at radius 2 is 1.97 bits per heavy atom. The van der Waals surface area contributed by atoms with Gasteiger partial charge in [0.15, 0.2) is 0 Å². The monoisotopic (exact) mass is 449 g/mol. The number of halogens is 1. The Morgan fingerprint density at radius 1 is 1.29 bits per heavy atom. The van der Waals surface area contributed by atoms with E-state index >= 15 is 0 Å². The molecule has 1 aromatic rings. The van der Waals surface area contributed by atoms with Crippen LogP contribution in [0.5, 0.6) is 0 Å². The smallest absolute Gasteiger partial charge is 0.245 e. The number of likely N-dealkylation sites (tertiary alicyclic amines) is 1. The fourth-order valence-corrected chi connectivity index (χ4v) is 4.99. The molecule has 1 aromatic carbocycles. The van der Waals surface area contributed by atoms with Gasteiger partial charge in [0, 0.05) is 29.9 Å². The Labute approximate surface area is 190 Å². The molecule has 7 heteroatoms. The number of aliphatic hydroxyl groups is 1. The van der Waals surface area contributed by atoms with Gasteiger partial charge in [-0.05, 0) is 55.5 Å². The van der Waals surface area contributed by atoms with Gasteiger partial charge < -0.3 is 20.6 Å². The number of carbonyl (C=O) groups is 2. The van der Waals surface area contributed by atoms with Crippen LogP contribution in [0.1, 0.15) is 52.5 Å². The minimum atomic E-state index is -1.06. The second-order valence-electron chi connectivity index (χ2n) is 10.1. The zero-order valence-electron chi connectivity index (χ0n) is 19.1. The molecule has 1 unspecified atom stereocenters. The number of hydrogen-bond donors (Lipinski definition) is 3. The van der Waals surface area contributed by atoms with Crippen molar-refractivity contribution in [1.82, 2.24) is 15.5 Å². The van der Waals surface area contributed by atoms with Crippen LogP contribution in [-0.2, 0) is 15.2 Å². The van der Waals surface area contributed by atoms with Gasteiger partial charge in [-0.3, -0.25) is 9.59 Å². The fourth-order valence-electron chi connectivity index (χ4n) is 4.86. The van der Waals surface area contributed by atoms with Crippen molar-refractivity contribution in [1.29, 1.82) is 0 Å². The number of hydrogen-bond acceptors (Lipinski definition) is 4. The zero-order valence-corrected chi connectivity index (χ0v) is 19.8. The third-order valence-electron chi connectivity index (χ3n) is 6.97. The molecule has 2 aliphatic rings. The van der Waals surface area contributed by atoms with Gasteiger partial charge >= 0.3 is 0 Å². The quantitative estimate of drug-likeness (QED) is 0.623. The number of piperidine rings is 1. The van der Waals surface area contributed by atoms with Gasteiger partial charge in [0.2, 0.25) is 11.8 Å². The molecule has 0 spiro atoms. The first-order valence-electron chi connectivity index (χ1n) is 11.3. The maximum atomic E-state index is 13.4. The van der Waals surface area contributed by atoms with E-state index in [1.807, 2.05) is 39.8 Å². The highest BCUT2D eigenvalue weighted by Crippen LogP contribution is 2.46. The first-order valence-corrected chi connectivity index (χ1v) is 11.7. The molecule has 0 aromatic heterocycles. The highest BCUT2D eigenvalue weighted by atomic mass is 35.5. The molecular formula is C24H36ClN3O3. The van der Waals surface area contributed by atoms with Crippen molar-refractivity contribution in [2.75, 3.05) is 26.2 Å². The minimum absolute atomic E-state index is 0.0154. The van der Waals surface area contributed by atoms with Crippen LogP contribution in [-0.4, -0.2) is 54.0 Å². The summed E-state index contributed by atoms with van der Waals surface area (Å²) in [6.45, 7) is 10.5. The van der Waals surface area contributed by atoms with Crippen LogP contribution in [0.15, 0.2) is 24.3 Å². The largest absolute Gasteiger partial charge is 0.384 e. The lowest BCUT2D eigenvalue weighted by Gasteiger charge is -2.51. The fraction of sp³-hybridized carbons (Fsp3) is 0.667. The van der Waals surface area contributed by atoms with Crippen LogP contribution in [0.4, 0.5) is 0 Å². The summed E-state index contributed by atoms with van der Waals surface area (Å²) in [6.07, 6.45) is 1.88. The average Bonchev–Trinajstić information content (AvgIpc) is 3.21. The molecule has 2 amide bonds. The molecule has 3 N–H and O–H groups in total. The highest BCUT2D eigenvalue weighted by molar-refractivity contribution is 6.30. The van der Waals surface area contributed by atoms with Gasteiger partial charge in [-0.25, -0.2) is 0 Å². The highest BCUT2D eigenvalue weighted by Gasteiger charge is 2.50. The first-order chi connectivity index (χ1) is 14.5. The van der Waals surface area contributed by atoms with Crippen molar-refractivity contribution in [2.45, 2.75) is 58.6 Å². The first kappa shape index (κ1) is 24.0. The minimum Gasteiger partial charge on any atom is -0.384 e. The molecule has 2 saturated heterocycles. The second-order valence-corrected chi connectivity index (χ2v) is 10.5. The summed E-state index contributed by atoms with van der Waals surface area (Å²) in [4.78, 5) is 27.8. The summed E-state index contributed by atoms with van der Waals surface area (Å²) < 4.78 is 0. The summed E-state index contributed by atoms with van der Waals surface area (Å²) in [5, 5.41) is 18.4. The Kier molecular flexibility index (Phi) is 7.34. The summed E-state index contributed by atoms with van der Waals surface area (Å²) in [5.74, 6) is 0.193. The lowest BCUT2D eigenvalue weighted by atomic mass is 9.66. The van der Waals surface area contributed by atoms with E-state index in [9.17, 15) is 14.7 Å². The molecule has 2 heterocycles. The van der Waals surface area contributed by atoms with Crippen molar-refractivity contribution in [2.24, 2.45) is 17.3 Å². The van der Waals surface area contributed by atoms with Gasteiger partial charge in [0.1, 0.15) is 6.04 Å². The summed E-state index contributed by atoms with van der Waals surface area (Å²) >= 11 is 6.02. The molecule has 0 saturated carbocycles. The predicted octanol–water partition coefficient (Wildman–Crippen LogP) is 2.93. The molecule has 31 heavy (non-hydrogen) atoms. The van der Waals surface area contributed by atoms with Crippen molar-refractivity contribution in [3.63, 3.8) is 0 Å². The molecule has 3 atom stereocenters. The van der Waals surface area contributed by atoms with Crippen LogP contribution in [0.25, 0.3) is 0 Å². The topological polar surface area (TPSA) is 81.7 Å². The molecule has 3 rings (SSSR count). The normalized spacial score (nSPS) is 26.7. The lowest BCUT2D eigenvalue weighted by Crippen LogP contribution is -2.60. The molecule has 0 radical (unpaired) electrons. The van der Waals surface area contributed by atoms with Gasteiger partial charge in [-0.1, -0.05) is 51.4 Å². The third-order valence-corrected chi connectivity index (χ3v) is 7.22. The molecular weight excluding hydrogens is 414 g/mol. The van der Waals surface area contributed by atoms with Gasteiger partial charge in [0.05, 0.1) is 5.60 Å². The number of rotatable bonds is 6. The summed E-state index contributed by atoms with van der Waals surface area (Å²) in [6, 6.07) is 6.73. The van der Waals surface area contributed by atoms with Crippen molar-refractivity contribution >= 4 is 23.4 Å². The van der Waals surface area contributed by atoms with E-state index in [2.05, 4.69) is 10.6 Å². The SMILES string of the molecule is CC(C)[C@@H](NC(=O)CC1CCNC1)C(=O)N1CC[C@](O)(c2ccc(Cl)cc2)C(C)(C)C1. The zero-order chi connectivity index (χ0) is 22.8. The molecule has 6 nitrogen and oxygen atoms in total. The molecule has 2 fully saturated rings. The Morgan fingerprint density at radius 3 is 2.52 bits per heavy atom. The number of nitrogens with zero attached hydrogens (tertiary/aromatic N) is 1. The van der Waals surface area contributed by atoms with Crippen molar-refractivity contribution < 1.29 is 14.7 Å². The van der Waals surface area contributed by atoms with Crippen LogP contribution in [0, 0.1) is 17.3 Å². The van der Waals surface area contributed by atoms with Gasteiger partial charge in [-0.15, -0.1) is 0 Å². The maximum Gasteiger partial charge on any atom is 0.245 e. The number of benzene rings is 1. The van der Waals surface area contributed by atoms with Crippen LogP contribution < -0.4 is 10.6 Å². The van der Waals surface area contributed by atoms with Crippen LogP contribution in [0.3, 0.4) is 0 Å². The Bertz CT molecular complexity index is 790. The number of nitrogens with one attached hydrogen (secondary N) is 2. The standard InChI is InChI=1S/C24H36ClN3O3/c1-16(2)21(27-20(29)13-17-9-11-26-14-17)22(30)28-12-10-24(31,23(3,4)15-28)18-5-7-19(25)8-6-18/h5-8,16-17,21,26,31H,9-15H2,1-4H3,(H,27,29)/t17?,21-,24+/m1/s1. The van der Waals surface area contributed by atoms with E-state index < -0.39 is 17.1 Å². The molecule has 172 valence electrons.